The zero-order valence-electron chi connectivity index (χ0n) is 32.0. The molecule has 2 atom stereocenters. The number of rotatable bonds is 11. The summed E-state index contributed by atoms with van der Waals surface area (Å²) in [5.41, 5.74) is 1.92. The number of hydrogen-bond donors (Lipinski definition) is 0. The van der Waals surface area contributed by atoms with Crippen molar-refractivity contribution in [3.63, 3.8) is 0 Å². The standard InChI is InChI=1S/C39H55B3O8/c1-34(2)35(3,4)46-40(45-34)30-16-12-28(13-17-30)29-14-22-33(23-15-29)44-27-26-43-25-24-39(11)38(9,10)49-42(50-39)32-20-18-31(19-21-32)41-47-36(5,6)37(7,8)48-41/h12-20,22-23,32H,21,24-27H2,1-11H3. The first kappa shape index (κ1) is 37.4. The predicted molar refractivity (Wildman–Crippen MR) is 201 cm³/mol. The summed E-state index contributed by atoms with van der Waals surface area (Å²) in [6.45, 7) is 24.4. The van der Waals surface area contributed by atoms with Crippen LogP contribution in [0.1, 0.15) is 89.0 Å². The molecule has 50 heavy (non-hydrogen) atoms. The Balaban J connectivity index is 0.917. The van der Waals surface area contributed by atoms with Crippen molar-refractivity contribution in [3.8, 4) is 16.9 Å². The maximum Gasteiger partial charge on any atom is 0.494 e. The molecule has 11 heteroatoms. The monoisotopic (exact) mass is 684 g/mol. The first-order chi connectivity index (χ1) is 23.3. The van der Waals surface area contributed by atoms with Gasteiger partial charge in [0.1, 0.15) is 12.4 Å². The van der Waals surface area contributed by atoms with Crippen molar-refractivity contribution in [2.75, 3.05) is 19.8 Å². The highest BCUT2D eigenvalue weighted by atomic mass is 16.7. The molecule has 0 N–H and O–H groups in total. The van der Waals surface area contributed by atoms with Crippen LogP contribution in [-0.2, 0) is 32.7 Å². The van der Waals surface area contributed by atoms with Crippen LogP contribution in [0.4, 0.5) is 0 Å². The summed E-state index contributed by atoms with van der Waals surface area (Å²) >= 11 is 0. The first-order valence-corrected chi connectivity index (χ1v) is 18.2. The van der Waals surface area contributed by atoms with Gasteiger partial charge < -0.3 is 37.4 Å². The van der Waals surface area contributed by atoms with Crippen LogP contribution < -0.4 is 10.2 Å². The molecule has 2 unspecified atom stereocenters. The van der Waals surface area contributed by atoms with Crippen LogP contribution in [-0.4, -0.2) is 74.8 Å². The summed E-state index contributed by atoms with van der Waals surface area (Å²) in [5, 5.41) is 0. The molecule has 2 aromatic carbocycles. The molecule has 1 aliphatic carbocycles. The Morgan fingerprint density at radius 1 is 0.600 bits per heavy atom. The van der Waals surface area contributed by atoms with E-state index in [1.807, 2.05) is 12.1 Å². The van der Waals surface area contributed by atoms with Crippen LogP contribution in [0.5, 0.6) is 5.75 Å². The zero-order valence-corrected chi connectivity index (χ0v) is 32.0. The van der Waals surface area contributed by atoms with Crippen LogP contribution in [0, 0.1) is 0 Å². The molecule has 8 nitrogen and oxygen atoms in total. The van der Waals surface area contributed by atoms with E-state index in [1.54, 1.807) is 0 Å². The highest BCUT2D eigenvalue weighted by Gasteiger charge is 2.56. The molecule has 3 heterocycles. The van der Waals surface area contributed by atoms with Gasteiger partial charge in [-0.3, -0.25) is 0 Å². The van der Waals surface area contributed by atoms with Crippen LogP contribution in [0.25, 0.3) is 11.1 Å². The van der Waals surface area contributed by atoms with E-state index in [9.17, 15) is 0 Å². The third kappa shape index (κ3) is 7.43. The second kappa shape index (κ2) is 13.6. The summed E-state index contributed by atoms with van der Waals surface area (Å²) in [6, 6.07) is 16.5. The van der Waals surface area contributed by atoms with Crippen molar-refractivity contribution in [2.45, 2.75) is 128 Å². The summed E-state index contributed by atoms with van der Waals surface area (Å²) in [7, 11) is -1.05. The average Bonchev–Trinajstić information content (AvgIpc) is 3.53. The molecular weight excluding hydrogens is 629 g/mol. The van der Waals surface area contributed by atoms with Gasteiger partial charge in [0.25, 0.3) is 0 Å². The molecule has 3 saturated heterocycles. The van der Waals surface area contributed by atoms with E-state index in [0.29, 0.717) is 26.2 Å². The van der Waals surface area contributed by atoms with Crippen LogP contribution in [0.3, 0.4) is 0 Å². The van der Waals surface area contributed by atoms with E-state index in [0.717, 1.165) is 34.2 Å². The van der Waals surface area contributed by atoms with Gasteiger partial charge >= 0.3 is 21.4 Å². The van der Waals surface area contributed by atoms with Crippen molar-refractivity contribution in [2.24, 2.45) is 0 Å². The fourth-order valence-electron chi connectivity index (χ4n) is 6.52. The van der Waals surface area contributed by atoms with E-state index in [4.69, 9.17) is 37.4 Å². The second-order valence-electron chi connectivity index (χ2n) is 16.8. The van der Waals surface area contributed by atoms with Gasteiger partial charge in [0.2, 0.25) is 0 Å². The van der Waals surface area contributed by atoms with Gasteiger partial charge in [-0.25, -0.2) is 0 Å². The molecule has 0 saturated carbocycles. The molecule has 0 spiro atoms. The second-order valence-corrected chi connectivity index (χ2v) is 16.8. The van der Waals surface area contributed by atoms with E-state index in [-0.39, 0.29) is 49.6 Å². The Morgan fingerprint density at radius 2 is 1.14 bits per heavy atom. The third-order valence-corrected chi connectivity index (χ3v) is 11.9. The molecule has 3 fully saturated rings. The lowest BCUT2D eigenvalue weighted by Crippen LogP contribution is -2.45. The van der Waals surface area contributed by atoms with Gasteiger partial charge in [-0.05, 0) is 117 Å². The van der Waals surface area contributed by atoms with Gasteiger partial charge in [-0.2, -0.15) is 0 Å². The number of hydrogen-bond acceptors (Lipinski definition) is 8. The molecule has 2 aromatic rings. The van der Waals surface area contributed by atoms with Crippen molar-refractivity contribution >= 4 is 26.8 Å². The van der Waals surface area contributed by atoms with Crippen LogP contribution >= 0.6 is 0 Å². The highest BCUT2D eigenvalue weighted by Crippen LogP contribution is 2.45. The number of ether oxygens (including phenoxy) is 2. The smallest absolute Gasteiger partial charge is 0.491 e. The van der Waals surface area contributed by atoms with Crippen molar-refractivity contribution in [1.29, 1.82) is 0 Å². The van der Waals surface area contributed by atoms with Gasteiger partial charge in [0, 0.05) is 18.8 Å². The Hall–Kier alpha value is -2.37. The maximum absolute atomic E-state index is 6.61. The topological polar surface area (TPSA) is 73.8 Å². The lowest BCUT2D eigenvalue weighted by molar-refractivity contribution is -0.0365. The van der Waals surface area contributed by atoms with E-state index in [2.05, 4.69) is 131 Å². The Bertz CT molecular complexity index is 1530. The van der Waals surface area contributed by atoms with Crippen molar-refractivity contribution in [1.82, 2.24) is 0 Å². The van der Waals surface area contributed by atoms with E-state index >= 15 is 0 Å². The molecule has 3 aliphatic heterocycles. The molecule has 0 radical (unpaired) electrons. The fraction of sp³-hybridized carbons (Fsp3) is 0.590. The van der Waals surface area contributed by atoms with Crippen molar-refractivity contribution in [3.05, 3.63) is 72.2 Å². The summed E-state index contributed by atoms with van der Waals surface area (Å²) in [6.07, 6.45) is 7.98. The molecular formula is C39H55B3O8. The fourth-order valence-corrected chi connectivity index (χ4v) is 6.52. The normalized spacial score (nSPS) is 27.5. The maximum atomic E-state index is 6.61. The summed E-state index contributed by atoms with van der Waals surface area (Å²) in [4.78, 5) is 0. The van der Waals surface area contributed by atoms with Gasteiger partial charge in [0.15, 0.2) is 0 Å². The van der Waals surface area contributed by atoms with Gasteiger partial charge in [0.05, 0.1) is 40.2 Å². The SMILES string of the molecule is CC1(C)OB(C2=CCC(B3OC(C)(C)C(C)(CCOCCOc4ccc(-c5ccc(B6OC(C)(C)C(C)(C)O6)cc5)cc4)O3)C=C2)OC1(C)C. The Morgan fingerprint density at radius 3 is 1.68 bits per heavy atom. The van der Waals surface area contributed by atoms with E-state index in [1.165, 1.54) is 0 Å². The summed E-state index contributed by atoms with van der Waals surface area (Å²) < 4.78 is 50.0. The quantitative estimate of drug-likeness (QED) is 0.179. The third-order valence-electron chi connectivity index (χ3n) is 11.9. The van der Waals surface area contributed by atoms with E-state index < -0.39 is 11.2 Å². The molecule has 4 aliphatic rings. The molecule has 0 aromatic heterocycles. The van der Waals surface area contributed by atoms with Crippen LogP contribution in [0.2, 0.25) is 5.82 Å². The average molecular weight is 684 g/mol. The largest absolute Gasteiger partial charge is 0.494 e. The highest BCUT2D eigenvalue weighted by molar-refractivity contribution is 6.62. The molecule has 6 rings (SSSR count). The minimum Gasteiger partial charge on any atom is -0.491 e. The minimum atomic E-state index is -0.486. The molecule has 268 valence electrons. The Labute approximate surface area is 301 Å². The van der Waals surface area contributed by atoms with Crippen LogP contribution in [0.15, 0.2) is 72.2 Å². The van der Waals surface area contributed by atoms with Gasteiger partial charge in [-0.1, -0.05) is 54.6 Å². The lowest BCUT2D eigenvalue weighted by Gasteiger charge is -2.36. The zero-order chi connectivity index (χ0) is 36.2. The minimum absolute atomic E-state index is 0.115. The van der Waals surface area contributed by atoms with Crippen molar-refractivity contribution < 1.29 is 37.4 Å². The van der Waals surface area contributed by atoms with Gasteiger partial charge in [-0.15, -0.1) is 0 Å². The molecule has 0 amide bonds. The predicted octanol–water partition coefficient (Wildman–Crippen LogP) is 7.40. The number of allylic oxidation sites excluding steroid dienone is 4. The number of benzene rings is 2. The Kier molecular flexibility index (Phi) is 10.1. The molecule has 0 bridgehead atoms. The first-order valence-electron chi connectivity index (χ1n) is 18.2. The summed E-state index contributed by atoms with van der Waals surface area (Å²) in [5.74, 6) is 0.926. The lowest BCUT2D eigenvalue weighted by atomic mass is 9.64.